The molecule has 1 aromatic rings. The third-order valence-corrected chi connectivity index (χ3v) is 1.77. The summed E-state index contributed by atoms with van der Waals surface area (Å²) in [4.78, 5) is 21.6. The van der Waals surface area contributed by atoms with Crippen molar-refractivity contribution < 1.29 is 9.53 Å². The van der Waals surface area contributed by atoms with Crippen LogP contribution in [0.15, 0.2) is 23.4 Å². The molecule has 14 heavy (non-hydrogen) atoms. The van der Waals surface area contributed by atoms with Gasteiger partial charge in [-0.15, -0.1) is 4.91 Å². The fraction of sp³-hybridized carbons (Fsp3) is 0.222. The zero-order chi connectivity index (χ0) is 10.6. The molecule has 0 radical (unpaired) electrons. The minimum atomic E-state index is -0.266. The van der Waals surface area contributed by atoms with E-state index in [-0.39, 0.29) is 11.6 Å². The van der Waals surface area contributed by atoms with Gasteiger partial charge in [-0.3, -0.25) is 4.79 Å². The van der Waals surface area contributed by atoms with Gasteiger partial charge in [-0.05, 0) is 23.4 Å². The summed E-state index contributed by atoms with van der Waals surface area (Å²) in [5.41, 5.74) is 0.497. The monoisotopic (exact) mass is 194 g/mol. The first-order valence-corrected chi connectivity index (χ1v) is 3.96. The fourth-order valence-corrected chi connectivity index (χ4v) is 1.05. The maximum absolute atomic E-state index is 11.2. The van der Waals surface area contributed by atoms with E-state index >= 15 is 0 Å². The molecule has 0 heterocycles. The zero-order valence-electron chi connectivity index (χ0n) is 7.90. The Balaban J connectivity index is 3.13. The van der Waals surface area contributed by atoms with Gasteiger partial charge in [0.15, 0.2) is 5.69 Å². The van der Waals surface area contributed by atoms with Crippen LogP contribution in [0, 0.1) is 4.91 Å². The molecule has 0 fully saturated rings. The lowest BCUT2D eigenvalue weighted by Gasteiger charge is -2.04. The van der Waals surface area contributed by atoms with Gasteiger partial charge in [0.05, 0.1) is 7.11 Å². The summed E-state index contributed by atoms with van der Waals surface area (Å²) in [6.45, 7) is 0. The van der Waals surface area contributed by atoms with E-state index in [0.29, 0.717) is 11.3 Å². The Hall–Kier alpha value is -1.91. The number of hydrogen-bond acceptors (Lipinski definition) is 4. The van der Waals surface area contributed by atoms with Gasteiger partial charge >= 0.3 is 0 Å². The summed E-state index contributed by atoms with van der Waals surface area (Å²) in [6.07, 6.45) is 0. The maximum atomic E-state index is 11.2. The number of benzene rings is 1. The SMILES string of the molecule is CNC(=O)c1ccc(OC)c(N=O)c1. The highest BCUT2D eigenvalue weighted by molar-refractivity contribution is 5.95. The number of rotatable bonds is 3. The molecule has 0 unspecified atom stereocenters. The summed E-state index contributed by atoms with van der Waals surface area (Å²) in [7, 11) is 2.95. The number of ether oxygens (including phenoxy) is 1. The highest BCUT2D eigenvalue weighted by Gasteiger charge is 2.08. The summed E-state index contributed by atoms with van der Waals surface area (Å²) >= 11 is 0. The molecule has 0 atom stereocenters. The zero-order valence-corrected chi connectivity index (χ0v) is 7.90. The molecule has 5 nitrogen and oxygen atoms in total. The first-order chi connectivity index (χ1) is 6.72. The van der Waals surface area contributed by atoms with Gasteiger partial charge in [0.1, 0.15) is 5.75 Å². The Bertz CT molecular complexity index is 363. The number of carbonyl (C=O) groups is 1. The number of carbonyl (C=O) groups excluding carboxylic acids is 1. The van der Waals surface area contributed by atoms with Gasteiger partial charge in [-0.25, -0.2) is 0 Å². The van der Waals surface area contributed by atoms with Crippen molar-refractivity contribution in [2.75, 3.05) is 14.2 Å². The molecule has 1 aromatic carbocycles. The first-order valence-electron chi connectivity index (χ1n) is 3.96. The number of hydrogen-bond donors (Lipinski definition) is 1. The normalized spacial score (nSPS) is 9.29. The molecule has 0 spiro atoms. The molecule has 0 aromatic heterocycles. The van der Waals surface area contributed by atoms with Gasteiger partial charge in [-0.2, -0.15) is 0 Å². The van der Waals surface area contributed by atoms with E-state index < -0.39 is 0 Å². The standard InChI is InChI=1S/C9H10N2O3/c1-10-9(12)6-3-4-8(14-2)7(5-6)11-13/h3-5H,1-2H3,(H,10,12). The number of amides is 1. The van der Waals surface area contributed by atoms with Crippen molar-refractivity contribution in [1.29, 1.82) is 0 Å². The second-order valence-corrected chi connectivity index (χ2v) is 2.56. The summed E-state index contributed by atoms with van der Waals surface area (Å²) < 4.78 is 4.88. The van der Waals surface area contributed by atoms with Crippen LogP contribution in [0.25, 0.3) is 0 Å². The van der Waals surface area contributed by atoms with Crippen molar-refractivity contribution in [3.8, 4) is 5.75 Å². The third-order valence-electron chi connectivity index (χ3n) is 1.77. The van der Waals surface area contributed by atoms with Gasteiger partial charge in [0.2, 0.25) is 0 Å². The number of nitrogens with zero attached hydrogens (tertiary/aromatic N) is 1. The second-order valence-electron chi connectivity index (χ2n) is 2.56. The molecule has 74 valence electrons. The van der Waals surface area contributed by atoms with Crippen LogP contribution in [0.2, 0.25) is 0 Å². The molecule has 0 aliphatic rings. The van der Waals surface area contributed by atoms with E-state index in [0.717, 1.165) is 0 Å². The highest BCUT2D eigenvalue weighted by Crippen LogP contribution is 2.27. The highest BCUT2D eigenvalue weighted by atomic mass is 16.5. The van der Waals surface area contributed by atoms with Crippen molar-refractivity contribution in [1.82, 2.24) is 5.32 Å². The van der Waals surface area contributed by atoms with Crippen LogP contribution in [0.4, 0.5) is 5.69 Å². The van der Waals surface area contributed by atoms with Crippen LogP contribution in [0.3, 0.4) is 0 Å². The lowest BCUT2D eigenvalue weighted by molar-refractivity contribution is 0.0963. The lowest BCUT2D eigenvalue weighted by Crippen LogP contribution is -2.17. The smallest absolute Gasteiger partial charge is 0.251 e. The topological polar surface area (TPSA) is 67.8 Å². The minimum absolute atomic E-state index is 0.119. The second kappa shape index (κ2) is 4.36. The Labute approximate surface area is 81.0 Å². The van der Waals surface area contributed by atoms with Crippen LogP contribution >= 0.6 is 0 Å². The Morgan fingerprint density at radius 1 is 1.50 bits per heavy atom. The van der Waals surface area contributed by atoms with Crippen molar-refractivity contribution in [2.24, 2.45) is 5.18 Å². The van der Waals surface area contributed by atoms with Crippen LogP contribution in [-0.4, -0.2) is 20.1 Å². The van der Waals surface area contributed by atoms with Crippen LogP contribution < -0.4 is 10.1 Å². The maximum Gasteiger partial charge on any atom is 0.251 e. The van der Waals surface area contributed by atoms with Crippen molar-refractivity contribution in [3.63, 3.8) is 0 Å². The third kappa shape index (κ3) is 1.87. The number of nitrogens with one attached hydrogen (secondary N) is 1. The first kappa shape index (κ1) is 10.2. The van der Waals surface area contributed by atoms with Crippen LogP contribution in [0.1, 0.15) is 10.4 Å². The molecule has 0 aliphatic carbocycles. The molecule has 1 N–H and O–H groups in total. The van der Waals surface area contributed by atoms with Gasteiger partial charge in [-0.1, -0.05) is 0 Å². The molecule has 5 heteroatoms. The molecule has 1 rings (SSSR count). The number of nitroso groups, excluding NO2 is 1. The average molecular weight is 194 g/mol. The Kier molecular flexibility index (Phi) is 3.17. The minimum Gasteiger partial charge on any atom is -0.494 e. The van der Waals surface area contributed by atoms with E-state index in [9.17, 15) is 9.70 Å². The van der Waals surface area contributed by atoms with Gasteiger partial charge < -0.3 is 10.1 Å². The van der Waals surface area contributed by atoms with Gasteiger partial charge in [0.25, 0.3) is 5.91 Å². The molecule has 0 saturated heterocycles. The van der Waals surface area contributed by atoms with E-state index in [1.807, 2.05) is 0 Å². The molecular weight excluding hydrogens is 184 g/mol. The van der Waals surface area contributed by atoms with Gasteiger partial charge in [0, 0.05) is 12.6 Å². The molecule has 0 bridgehead atoms. The molecule has 0 aliphatic heterocycles. The average Bonchev–Trinajstić information content (AvgIpc) is 2.26. The lowest BCUT2D eigenvalue weighted by atomic mass is 10.2. The van der Waals surface area contributed by atoms with E-state index in [1.54, 1.807) is 6.07 Å². The van der Waals surface area contributed by atoms with Crippen LogP contribution in [0.5, 0.6) is 5.75 Å². The largest absolute Gasteiger partial charge is 0.494 e. The molecule has 1 amide bonds. The summed E-state index contributed by atoms with van der Waals surface area (Å²) in [5, 5.41) is 5.21. The quantitative estimate of drug-likeness (QED) is 0.740. The fourth-order valence-electron chi connectivity index (χ4n) is 1.05. The molecular formula is C9H10N2O3. The van der Waals surface area contributed by atoms with E-state index in [4.69, 9.17) is 4.74 Å². The predicted octanol–water partition coefficient (Wildman–Crippen LogP) is 1.45. The van der Waals surface area contributed by atoms with Crippen molar-refractivity contribution >= 4 is 11.6 Å². The number of methoxy groups -OCH3 is 1. The van der Waals surface area contributed by atoms with Crippen molar-refractivity contribution in [2.45, 2.75) is 0 Å². The van der Waals surface area contributed by atoms with E-state index in [2.05, 4.69) is 10.5 Å². The summed E-state index contributed by atoms with van der Waals surface area (Å²) in [6, 6.07) is 4.47. The Morgan fingerprint density at radius 3 is 2.71 bits per heavy atom. The Morgan fingerprint density at radius 2 is 2.21 bits per heavy atom. The van der Waals surface area contributed by atoms with Crippen LogP contribution in [-0.2, 0) is 0 Å². The summed E-state index contributed by atoms with van der Waals surface area (Å²) in [5.74, 6) is 0.0882. The molecule has 0 saturated carbocycles. The predicted molar refractivity (Wildman–Crippen MR) is 51.8 cm³/mol. The van der Waals surface area contributed by atoms with E-state index in [1.165, 1.54) is 26.3 Å². The van der Waals surface area contributed by atoms with Crippen molar-refractivity contribution in [3.05, 3.63) is 28.7 Å².